The minimum absolute atomic E-state index is 0.142. The Labute approximate surface area is 258 Å². The van der Waals surface area contributed by atoms with Crippen molar-refractivity contribution in [1.29, 1.82) is 0 Å². The molecule has 3 aromatic rings. The van der Waals surface area contributed by atoms with Gasteiger partial charge in [-0.2, -0.15) is 9.97 Å². The Bertz CT molecular complexity index is 1510. The molecule has 232 valence electrons. The Morgan fingerprint density at radius 1 is 0.977 bits per heavy atom. The van der Waals surface area contributed by atoms with Crippen molar-refractivity contribution >= 4 is 34.5 Å². The van der Waals surface area contributed by atoms with E-state index in [1.807, 2.05) is 35.4 Å². The first-order valence-corrected chi connectivity index (χ1v) is 15.6. The topological polar surface area (TPSA) is 106 Å². The minimum Gasteiger partial charge on any atom is -0.508 e. The summed E-state index contributed by atoms with van der Waals surface area (Å²) in [5, 5.41) is 12.6. The van der Waals surface area contributed by atoms with Gasteiger partial charge in [0.05, 0.1) is 18.8 Å². The lowest BCUT2D eigenvalue weighted by Crippen LogP contribution is -2.48. The summed E-state index contributed by atoms with van der Waals surface area (Å²) < 4.78 is 6.20. The molecule has 0 atom stereocenters. The molecule has 0 bridgehead atoms. The van der Waals surface area contributed by atoms with Crippen molar-refractivity contribution < 1.29 is 19.4 Å². The SMILES string of the molecule is CC(=O)N1CCN(CCCOc2nc3c(c(N4CCN(C=CC=O)CC4)n2)CCN(c2cc(O)cc4ccccc24)C3)CC1. The summed E-state index contributed by atoms with van der Waals surface area (Å²) in [5.41, 5.74) is 3.10. The third kappa shape index (κ3) is 6.72. The number of fused-ring (bicyclic) bond motifs is 2. The zero-order valence-corrected chi connectivity index (χ0v) is 25.4. The molecule has 3 aliphatic heterocycles. The van der Waals surface area contributed by atoms with Crippen molar-refractivity contribution in [2.24, 2.45) is 0 Å². The van der Waals surface area contributed by atoms with Gasteiger partial charge in [-0.3, -0.25) is 14.5 Å². The van der Waals surface area contributed by atoms with E-state index in [9.17, 15) is 14.7 Å². The zero-order valence-electron chi connectivity index (χ0n) is 25.4. The molecule has 11 heteroatoms. The quantitative estimate of drug-likeness (QED) is 0.224. The van der Waals surface area contributed by atoms with Crippen LogP contribution in [0.4, 0.5) is 11.5 Å². The van der Waals surface area contributed by atoms with E-state index in [1.54, 1.807) is 13.0 Å². The zero-order chi connectivity index (χ0) is 30.5. The van der Waals surface area contributed by atoms with Crippen LogP contribution in [-0.2, 0) is 22.6 Å². The van der Waals surface area contributed by atoms with Crippen LogP contribution < -0.4 is 14.5 Å². The molecular formula is C33H41N7O4. The van der Waals surface area contributed by atoms with E-state index < -0.39 is 0 Å². The smallest absolute Gasteiger partial charge is 0.318 e. The molecule has 0 spiro atoms. The first-order chi connectivity index (χ1) is 21.5. The molecule has 2 saturated heterocycles. The number of aldehydes is 1. The minimum atomic E-state index is 0.142. The van der Waals surface area contributed by atoms with Gasteiger partial charge in [-0.15, -0.1) is 0 Å². The van der Waals surface area contributed by atoms with E-state index in [0.29, 0.717) is 19.2 Å². The van der Waals surface area contributed by atoms with Crippen LogP contribution >= 0.6 is 0 Å². The number of piperazine rings is 2. The number of hydrogen-bond donors (Lipinski definition) is 1. The third-order valence-electron chi connectivity index (χ3n) is 8.84. The van der Waals surface area contributed by atoms with Gasteiger partial charge in [0.2, 0.25) is 5.91 Å². The van der Waals surface area contributed by atoms with Crippen LogP contribution in [-0.4, -0.2) is 114 Å². The second kappa shape index (κ2) is 13.5. The largest absolute Gasteiger partial charge is 0.508 e. The summed E-state index contributed by atoms with van der Waals surface area (Å²) in [7, 11) is 0. The van der Waals surface area contributed by atoms with E-state index in [2.05, 4.69) is 25.7 Å². The number of amides is 1. The van der Waals surface area contributed by atoms with Crippen LogP contribution in [0.2, 0.25) is 0 Å². The maximum Gasteiger partial charge on any atom is 0.318 e. The highest BCUT2D eigenvalue weighted by molar-refractivity contribution is 5.95. The summed E-state index contributed by atoms with van der Waals surface area (Å²) in [6.07, 6.45) is 5.83. The number of aromatic nitrogens is 2. The second-order valence-electron chi connectivity index (χ2n) is 11.7. The van der Waals surface area contributed by atoms with Gasteiger partial charge >= 0.3 is 6.01 Å². The van der Waals surface area contributed by atoms with Gasteiger partial charge in [0.15, 0.2) is 0 Å². The van der Waals surface area contributed by atoms with Crippen LogP contribution in [0.3, 0.4) is 0 Å². The average molecular weight is 600 g/mol. The summed E-state index contributed by atoms with van der Waals surface area (Å²) in [4.78, 5) is 43.3. The Kier molecular flexibility index (Phi) is 9.11. The van der Waals surface area contributed by atoms with Gasteiger partial charge in [-0.25, -0.2) is 0 Å². The lowest BCUT2D eigenvalue weighted by molar-refractivity contribution is -0.130. The van der Waals surface area contributed by atoms with E-state index in [4.69, 9.17) is 14.7 Å². The molecule has 44 heavy (non-hydrogen) atoms. The number of benzene rings is 2. The fourth-order valence-corrected chi connectivity index (χ4v) is 6.43. The second-order valence-corrected chi connectivity index (χ2v) is 11.7. The van der Waals surface area contributed by atoms with Crippen LogP contribution in [0, 0.1) is 0 Å². The predicted molar refractivity (Wildman–Crippen MR) is 170 cm³/mol. The number of allylic oxidation sites excluding steroid dienone is 1. The molecule has 1 amide bonds. The predicted octanol–water partition coefficient (Wildman–Crippen LogP) is 2.67. The first kappa shape index (κ1) is 29.7. The number of ether oxygens (including phenoxy) is 1. The molecule has 1 aromatic heterocycles. The van der Waals surface area contributed by atoms with Gasteiger partial charge in [0.25, 0.3) is 0 Å². The molecule has 4 heterocycles. The maximum absolute atomic E-state index is 11.6. The number of rotatable bonds is 9. The maximum atomic E-state index is 11.6. The molecule has 11 nitrogen and oxygen atoms in total. The van der Waals surface area contributed by atoms with E-state index in [1.165, 1.54) is 6.08 Å². The van der Waals surface area contributed by atoms with Gasteiger partial charge in [0.1, 0.15) is 17.9 Å². The Hall–Kier alpha value is -4.38. The highest BCUT2D eigenvalue weighted by Gasteiger charge is 2.28. The van der Waals surface area contributed by atoms with E-state index in [-0.39, 0.29) is 11.7 Å². The molecule has 1 N–H and O–H groups in total. The lowest BCUT2D eigenvalue weighted by atomic mass is 10.0. The molecule has 0 aliphatic carbocycles. The number of nitrogens with zero attached hydrogens (tertiary/aromatic N) is 7. The highest BCUT2D eigenvalue weighted by atomic mass is 16.5. The van der Waals surface area contributed by atoms with Crippen LogP contribution in [0.15, 0.2) is 48.7 Å². The Balaban J connectivity index is 1.19. The standard InChI is InChI=1S/C33H41N7O4/c1-25(42)38-16-12-37(13-17-38)10-5-21-44-33-34-30-24-40(31-23-27(43)22-26-6-2-3-7-28(26)31)11-8-29(30)32(35-33)39-18-14-36(15-19-39)9-4-20-41/h2-4,6-7,9,20,22-23,43H,5,8,10-19,21,24H2,1H3. The van der Waals surface area contributed by atoms with Crippen molar-refractivity contribution in [2.45, 2.75) is 26.3 Å². The number of anilines is 2. The van der Waals surface area contributed by atoms with Gasteiger partial charge in [-0.05, 0) is 30.4 Å². The Morgan fingerprint density at radius 2 is 1.77 bits per heavy atom. The summed E-state index contributed by atoms with van der Waals surface area (Å²) >= 11 is 0. The molecule has 3 aliphatic rings. The number of hydrogen-bond acceptors (Lipinski definition) is 10. The summed E-state index contributed by atoms with van der Waals surface area (Å²) in [5.74, 6) is 1.33. The van der Waals surface area contributed by atoms with Crippen LogP contribution in [0.5, 0.6) is 11.8 Å². The molecule has 0 saturated carbocycles. The highest BCUT2D eigenvalue weighted by Crippen LogP contribution is 2.36. The van der Waals surface area contributed by atoms with Crippen molar-refractivity contribution in [3.05, 3.63) is 59.9 Å². The van der Waals surface area contributed by atoms with Crippen molar-refractivity contribution in [1.82, 2.24) is 24.7 Å². The van der Waals surface area contributed by atoms with Gasteiger partial charge in [0, 0.05) is 101 Å². The van der Waals surface area contributed by atoms with Crippen molar-refractivity contribution in [3.8, 4) is 11.8 Å². The normalized spacial score (nSPS) is 17.8. The van der Waals surface area contributed by atoms with Crippen molar-refractivity contribution in [3.63, 3.8) is 0 Å². The van der Waals surface area contributed by atoms with Crippen LogP contribution in [0.25, 0.3) is 10.8 Å². The fraction of sp³-hybridized carbons (Fsp3) is 0.455. The molecule has 0 radical (unpaired) electrons. The Morgan fingerprint density at radius 3 is 2.55 bits per heavy atom. The monoisotopic (exact) mass is 599 g/mol. The van der Waals surface area contributed by atoms with Gasteiger partial charge < -0.3 is 29.4 Å². The van der Waals surface area contributed by atoms with Crippen molar-refractivity contribution in [2.75, 3.05) is 81.9 Å². The first-order valence-electron chi connectivity index (χ1n) is 15.6. The summed E-state index contributed by atoms with van der Waals surface area (Å²) in [6, 6.07) is 12.2. The summed E-state index contributed by atoms with van der Waals surface area (Å²) in [6.45, 7) is 10.9. The molecule has 2 fully saturated rings. The molecule has 6 rings (SSSR count). The van der Waals surface area contributed by atoms with E-state index >= 15 is 0 Å². The molecule has 0 unspecified atom stereocenters. The lowest BCUT2D eigenvalue weighted by Gasteiger charge is -2.38. The fourth-order valence-electron chi connectivity index (χ4n) is 6.43. The molecular weight excluding hydrogens is 558 g/mol. The number of phenols is 1. The number of carbonyl (C=O) groups is 2. The third-order valence-corrected chi connectivity index (χ3v) is 8.84. The number of aromatic hydroxyl groups is 1. The number of carbonyl (C=O) groups excluding carboxylic acids is 2. The van der Waals surface area contributed by atoms with Gasteiger partial charge in [-0.1, -0.05) is 24.3 Å². The average Bonchev–Trinajstić information content (AvgIpc) is 3.05. The number of phenolic OH excluding ortho intramolecular Hbond substituents is 1. The molecule has 2 aromatic carbocycles. The van der Waals surface area contributed by atoms with E-state index in [0.717, 1.165) is 118 Å². The van der Waals surface area contributed by atoms with Crippen LogP contribution in [0.1, 0.15) is 24.6 Å².